The molecule has 0 bridgehead atoms. The van der Waals surface area contributed by atoms with Crippen LogP contribution in [0.25, 0.3) is 0 Å². The van der Waals surface area contributed by atoms with Gasteiger partial charge in [0, 0.05) is 17.4 Å². The number of hydrogen-bond donors (Lipinski definition) is 1. The van der Waals surface area contributed by atoms with Crippen LogP contribution in [0.5, 0.6) is 0 Å². The van der Waals surface area contributed by atoms with Crippen LogP contribution in [-0.4, -0.2) is 24.7 Å². The van der Waals surface area contributed by atoms with Crippen molar-refractivity contribution in [3.63, 3.8) is 0 Å². The number of ether oxygens (including phenoxy) is 1. The minimum absolute atomic E-state index is 0.118. The molecule has 1 aliphatic rings. The van der Waals surface area contributed by atoms with Gasteiger partial charge in [0.2, 0.25) is 0 Å². The maximum Gasteiger partial charge on any atom is 0.346 e. The molecule has 1 heterocycles. The standard InChI is InChI=1S/C12H21F2NO2/c1-7-8(10(16)12(2,3)4)5-6-9(15-7)17-11(13)14/h7-9,11,15H,5-6H2,1-4H3. The smallest absolute Gasteiger partial charge is 0.304 e. The fraction of sp³-hybridized carbons (Fsp3) is 0.917. The number of rotatable bonds is 3. The van der Waals surface area contributed by atoms with Crippen molar-refractivity contribution in [3.8, 4) is 0 Å². The number of piperidine rings is 1. The third-order valence-corrected chi connectivity index (χ3v) is 3.14. The van der Waals surface area contributed by atoms with E-state index in [4.69, 9.17) is 0 Å². The molecule has 0 aromatic rings. The normalized spacial score (nSPS) is 30.6. The van der Waals surface area contributed by atoms with Crippen molar-refractivity contribution in [2.45, 2.75) is 59.4 Å². The van der Waals surface area contributed by atoms with Crippen LogP contribution in [0.3, 0.4) is 0 Å². The summed E-state index contributed by atoms with van der Waals surface area (Å²) in [6, 6.07) is -0.126. The van der Waals surface area contributed by atoms with Crippen LogP contribution in [-0.2, 0) is 9.53 Å². The summed E-state index contributed by atoms with van der Waals surface area (Å²) in [5, 5.41) is 2.93. The van der Waals surface area contributed by atoms with E-state index in [1.807, 2.05) is 27.7 Å². The summed E-state index contributed by atoms with van der Waals surface area (Å²) in [6.07, 6.45) is 0.400. The lowest BCUT2D eigenvalue weighted by Crippen LogP contribution is -2.51. The van der Waals surface area contributed by atoms with Gasteiger partial charge in [-0.05, 0) is 19.8 Å². The van der Waals surface area contributed by atoms with Crippen molar-refractivity contribution in [3.05, 3.63) is 0 Å². The Bertz CT molecular complexity index is 276. The summed E-state index contributed by atoms with van der Waals surface area (Å²) in [7, 11) is 0. The Labute approximate surface area is 101 Å². The molecule has 5 heteroatoms. The second-order valence-corrected chi connectivity index (χ2v) is 5.64. The van der Waals surface area contributed by atoms with Gasteiger partial charge in [-0.3, -0.25) is 10.1 Å². The van der Waals surface area contributed by atoms with Gasteiger partial charge < -0.3 is 4.74 Å². The molecule has 3 atom stereocenters. The van der Waals surface area contributed by atoms with Crippen LogP contribution in [0.15, 0.2) is 0 Å². The molecule has 0 radical (unpaired) electrons. The predicted octanol–water partition coefficient (Wildman–Crippen LogP) is 2.56. The molecule has 1 rings (SSSR count). The van der Waals surface area contributed by atoms with Crippen molar-refractivity contribution in [2.75, 3.05) is 0 Å². The predicted molar refractivity (Wildman–Crippen MR) is 60.7 cm³/mol. The highest BCUT2D eigenvalue weighted by Crippen LogP contribution is 2.29. The molecule has 1 fully saturated rings. The molecule has 1 aliphatic heterocycles. The van der Waals surface area contributed by atoms with Gasteiger partial charge in [-0.25, -0.2) is 0 Å². The number of hydrogen-bond acceptors (Lipinski definition) is 3. The van der Waals surface area contributed by atoms with E-state index >= 15 is 0 Å². The molecule has 0 spiro atoms. The Morgan fingerprint density at radius 2 is 1.94 bits per heavy atom. The summed E-state index contributed by atoms with van der Waals surface area (Å²) >= 11 is 0. The monoisotopic (exact) mass is 249 g/mol. The maximum absolute atomic E-state index is 12.1. The summed E-state index contributed by atoms with van der Waals surface area (Å²) < 4.78 is 28.5. The third kappa shape index (κ3) is 4.00. The van der Waals surface area contributed by atoms with Gasteiger partial charge in [0.25, 0.3) is 0 Å². The maximum atomic E-state index is 12.1. The fourth-order valence-electron chi connectivity index (χ4n) is 2.22. The Morgan fingerprint density at radius 1 is 1.35 bits per heavy atom. The average molecular weight is 249 g/mol. The number of nitrogens with one attached hydrogen (secondary N) is 1. The SMILES string of the molecule is CC1NC(OC(F)F)CCC1C(=O)C(C)(C)C. The highest BCUT2D eigenvalue weighted by atomic mass is 19.3. The quantitative estimate of drug-likeness (QED) is 0.835. The van der Waals surface area contributed by atoms with E-state index in [0.717, 1.165) is 0 Å². The number of Topliss-reactive ketones (excluding diaryl/α,β-unsaturated/α-hetero) is 1. The highest BCUT2D eigenvalue weighted by Gasteiger charge is 2.37. The summed E-state index contributed by atoms with van der Waals surface area (Å²) in [5.41, 5.74) is -0.392. The first-order chi connectivity index (χ1) is 7.71. The lowest BCUT2D eigenvalue weighted by atomic mass is 9.76. The Morgan fingerprint density at radius 3 is 2.35 bits per heavy atom. The second kappa shape index (κ2) is 5.40. The van der Waals surface area contributed by atoms with E-state index in [1.54, 1.807) is 0 Å². The molecular weight excluding hydrogens is 228 g/mol. The van der Waals surface area contributed by atoms with Crippen LogP contribution < -0.4 is 5.32 Å². The number of ketones is 1. The molecule has 1 saturated heterocycles. The minimum Gasteiger partial charge on any atom is -0.304 e. The fourth-order valence-corrected chi connectivity index (χ4v) is 2.22. The molecule has 100 valence electrons. The largest absolute Gasteiger partial charge is 0.346 e. The summed E-state index contributed by atoms with van der Waals surface area (Å²) in [4.78, 5) is 12.1. The van der Waals surface area contributed by atoms with Crippen molar-refractivity contribution in [1.29, 1.82) is 0 Å². The van der Waals surface area contributed by atoms with E-state index in [0.29, 0.717) is 12.8 Å². The molecule has 0 aromatic carbocycles. The van der Waals surface area contributed by atoms with Crippen LogP contribution in [0.4, 0.5) is 8.78 Å². The van der Waals surface area contributed by atoms with Crippen LogP contribution in [0.1, 0.15) is 40.5 Å². The first-order valence-electron chi connectivity index (χ1n) is 5.96. The molecule has 1 N–H and O–H groups in total. The Hall–Kier alpha value is -0.550. The first kappa shape index (κ1) is 14.5. The van der Waals surface area contributed by atoms with Crippen molar-refractivity contribution in [1.82, 2.24) is 5.32 Å². The summed E-state index contributed by atoms with van der Waals surface area (Å²) in [5.74, 6) is 0.0560. The molecule has 0 aromatic heterocycles. The molecule has 3 unspecified atom stereocenters. The zero-order chi connectivity index (χ0) is 13.2. The van der Waals surface area contributed by atoms with E-state index < -0.39 is 18.3 Å². The van der Waals surface area contributed by atoms with Crippen LogP contribution in [0, 0.1) is 11.3 Å². The topological polar surface area (TPSA) is 38.3 Å². The molecule has 0 saturated carbocycles. The van der Waals surface area contributed by atoms with Crippen molar-refractivity contribution in [2.24, 2.45) is 11.3 Å². The van der Waals surface area contributed by atoms with Crippen molar-refractivity contribution >= 4 is 5.78 Å². The lowest BCUT2D eigenvalue weighted by Gasteiger charge is -2.37. The van der Waals surface area contributed by atoms with Gasteiger partial charge in [0.1, 0.15) is 12.0 Å². The molecule has 17 heavy (non-hydrogen) atoms. The average Bonchev–Trinajstić information content (AvgIpc) is 2.14. The van der Waals surface area contributed by atoms with Crippen LogP contribution in [0.2, 0.25) is 0 Å². The third-order valence-electron chi connectivity index (χ3n) is 3.14. The van der Waals surface area contributed by atoms with E-state index in [2.05, 4.69) is 10.1 Å². The first-order valence-corrected chi connectivity index (χ1v) is 5.96. The van der Waals surface area contributed by atoms with Gasteiger partial charge in [0.05, 0.1) is 0 Å². The van der Waals surface area contributed by atoms with Gasteiger partial charge in [-0.1, -0.05) is 20.8 Å². The minimum atomic E-state index is -2.77. The number of carbonyl (C=O) groups excluding carboxylic acids is 1. The van der Waals surface area contributed by atoms with E-state index in [9.17, 15) is 13.6 Å². The second-order valence-electron chi connectivity index (χ2n) is 5.64. The van der Waals surface area contributed by atoms with Crippen LogP contribution >= 0.6 is 0 Å². The molecule has 3 nitrogen and oxygen atoms in total. The Kier molecular flexibility index (Phi) is 4.61. The summed E-state index contributed by atoms with van der Waals surface area (Å²) in [6.45, 7) is 4.71. The van der Waals surface area contributed by atoms with Gasteiger partial charge in [0.15, 0.2) is 0 Å². The highest BCUT2D eigenvalue weighted by molar-refractivity contribution is 5.86. The zero-order valence-electron chi connectivity index (χ0n) is 10.8. The lowest BCUT2D eigenvalue weighted by molar-refractivity contribution is -0.182. The number of halogens is 2. The number of carbonyl (C=O) groups is 1. The van der Waals surface area contributed by atoms with Gasteiger partial charge >= 0.3 is 6.61 Å². The van der Waals surface area contributed by atoms with Gasteiger partial charge in [-0.15, -0.1) is 0 Å². The van der Waals surface area contributed by atoms with Crippen molar-refractivity contribution < 1.29 is 18.3 Å². The van der Waals surface area contributed by atoms with E-state index in [-0.39, 0.29) is 17.7 Å². The number of alkyl halides is 2. The van der Waals surface area contributed by atoms with Gasteiger partial charge in [-0.2, -0.15) is 8.78 Å². The van der Waals surface area contributed by atoms with E-state index in [1.165, 1.54) is 0 Å². The zero-order valence-corrected chi connectivity index (χ0v) is 10.8. The Balaban J connectivity index is 2.56. The molecule has 0 aliphatic carbocycles. The molecular formula is C12H21F2NO2. The molecule has 0 amide bonds.